The summed E-state index contributed by atoms with van der Waals surface area (Å²) in [7, 11) is 0. The molecular formula is C14H16BrF2NO2. The van der Waals surface area contributed by atoms with Crippen molar-refractivity contribution < 1.29 is 18.7 Å². The van der Waals surface area contributed by atoms with Crippen LogP contribution >= 0.6 is 15.9 Å². The molecule has 1 aliphatic heterocycles. The van der Waals surface area contributed by atoms with Gasteiger partial charge in [0, 0.05) is 17.6 Å². The molecule has 0 aromatic heterocycles. The van der Waals surface area contributed by atoms with E-state index in [9.17, 15) is 18.7 Å². The molecule has 1 saturated heterocycles. The van der Waals surface area contributed by atoms with Gasteiger partial charge in [0.25, 0.3) is 5.91 Å². The minimum Gasteiger partial charge on any atom is -0.390 e. The fourth-order valence-corrected chi connectivity index (χ4v) is 2.77. The number of amides is 1. The van der Waals surface area contributed by atoms with Crippen molar-refractivity contribution in [3.63, 3.8) is 0 Å². The molecule has 0 bridgehead atoms. The Bertz CT molecular complexity index is 511. The number of benzene rings is 1. The number of carbonyl (C=O) groups excluding carboxylic acids is 1. The fourth-order valence-electron chi connectivity index (χ4n) is 2.37. The van der Waals surface area contributed by atoms with Gasteiger partial charge in [0.1, 0.15) is 17.2 Å². The standard InChI is InChI=1S/C14H16BrF2NO2/c1-14(20)3-2-5-18(6-4-14)13(19)12-10(16)7-9(15)8-11(12)17/h7-8,20H,2-6H2,1H3. The van der Waals surface area contributed by atoms with E-state index in [0.717, 1.165) is 12.1 Å². The molecular weight excluding hydrogens is 332 g/mol. The van der Waals surface area contributed by atoms with Crippen LogP contribution in [0.3, 0.4) is 0 Å². The molecule has 1 N–H and O–H groups in total. The zero-order valence-electron chi connectivity index (χ0n) is 11.1. The average molecular weight is 348 g/mol. The highest BCUT2D eigenvalue weighted by atomic mass is 79.9. The average Bonchev–Trinajstić information content (AvgIpc) is 2.48. The molecule has 1 atom stereocenters. The minimum absolute atomic E-state index is 0.253. The van der Waals surface area contributed by atoms with Crippen molar-refractivity contribution in [3.05, 3.63) is 33.8 Å². The van der Waals surface area contributed by atoms with Gasteiger partial charge in [-0.3, -0.25) is 4.79 Å². The highest BCUT2D eigenvalue weighted by Crippen LogP contribution is 2.25. The topological polar surface area (TPSA) is 40.5 Å². The van der Waals surface area contributed by atoms with Crippen molar-refractivity contribution in [1.82, 2.24) is 4.90 Å². The zero-order valence-corrected chi connectivity index (χ0v) is 12.7. The van der Waals surface area contributed by atoms with Crippen LogP contribution in [0.1, 0.15) is 36.5 Å². The molecule has 3 nitrogen and oxygen atoms in total. The molecule has 0 saturated carbocycles. The Hall–Kier alpha value is -1.01. The largest absolute Gasteiger partial charge is 0.390 e. The Morgan fingerprint density at radius 3 is 2.50 bits per heavy atom. The molecule has 1 aliphatic rings. The van der Waals surface area contributed by atoms with E-state index in [1.54, 1.807) is 6.92 Å². The number of carbonyl (C=O) groups is 1. The number of hydrogen-bond donors (Lipinski definition) is 1. The van der Waals surface area contributed by atoms with Gasteiger partial charge in [-0.15, -0.1) is 0 Å². The summed E-state index contributed by atoms with van der Waals surface area (Å²) in [4.78, 5) is 13.7. The third-order valence-corrected chi connectivity index (χ3v) is 4.03. The molecule has 1 fully saturated rings. The predicted molar refractivity (Wildman–Crippen MR) is 74.4 cm³/mol. The lowest BCUT2D eigenvalue weighted by Crippen LogP contribution is -2.34. The molecule has 110 valence electrons. The summed E-state index contributed by atoms with van der Waals surface area (Å²) in [6.07, 6.45) is 1.58. The van der Waals surface area contributed by atoms with E-state index in [4.69, 9.17) is 0 Å². The number of aliphatic hydroxyl groups is 1. The quantitative estimate of drug-likeness (QED) is 0.847. The monoisotopic (exact) mass is 347 g/mol. The van der Waals surface area contributed by atoms with Crippen LogP contribution in [0.25, 0.3) is 0 Å². The van der Waals surface area contributed by atoms with Gasteiger partial charge >= 0.3 is 0 Å². The second kappa shape index (κ2) is 5.77. The molecule has 20 heavy (non-hydrogen) atoms. The van der Waals surface area contributed by atoms with E-state index in [0.29, 0.717) is 32.4 Å². The second-order valence-electron chi connectivity index (χ2n) is 5.39. The summed E-state index contributed by atoms with van der Waals surface area (Å²) in [5.74, 6) is -2.42. The normalized spacial score (nSPS) is 23.6. The lowest BCUT2D eigenvalue weighted by atomic mass is 9.98. The maximum absolute atomic E-state index is 13.8. The van der Waals surface area contributed by atoms with Gasteiger partial charge < -0.3 is 10.0 Å². The van der Waals surface area contributed by atoms with Crippen molar-refractivity contribution in [3.8, 4) is 0 Å². The van der Waals surface area contributed by atoms with E-state index in [-0.39, 0.29) is 4.47 Å². The van der Waals surface area contributed by atoms with E-state index in [1.165, 1.54) is 4.90 Å². The Kier molecular flexibility index (Phi) is 4.44. The smallest absolute Gasteiger partial charge is 0.259 e. The summed E-state index contributed by atoms with van der Waals surface area (Å²) >= 11 is 2.98. The van der Waals surface area contributed by atoms with E-state index >= 15 is 0 Å². The Balaban J connectivity index is 2.24. The molecule has 0 spiro atoms. The van der Waals surface area contributed by atoms with Crippen molar-refractivity contribution >= 4 is 21.8 Å². The first-order valence-corrected chi connectivity index (χ1v) is 7.26. The van der Waals surface area contributed by atoms with E-state index in [1.807, 2.05) is 0 Å². The van der Waals surface area contributed by atoms with Gasteiger partial charge in [0.2, 0.25) is 0 Å². The number of rotatable bonds is 1. The third kappa shape index (κ3) is 3.35. The molecule has 0 aliphatic carbocycles. The fraction of sp³-hybridized carbons (Fsp3) is 0.500. The molecule has 1 aromatic carbocycles. The van der Waals surface area contributed by atoms with Crippen LogP contribution in [0.5, 0.6) is 0 Å². The molecule has 0 radical (unpaired) electrons. The summed E-state index contributed by atoms with van der Waals surface area (Å²) in [6.45, 7) is 2.40. The highest BCUT2D eigenvalue weighted by molar-refractivity contribution is 9.10. The van der Waals surface area contributed by atoms with E-state index < -0.39 is 28.7 Å². The number of nitrogens with zero attached hydrogens (tertiary/aromatic N) is 1. The lowest BCUT2D eigenvalue weighted by Gasteiger charge is -2.23. The van der Waals surface area contributed by atoms with Crippen LogP contribution in [0.2, 0.25) is 0 Å². The SMILES string of the molecule is CC1(O)CCCN(C(=O)c2c(F)cc(Br)cc2F)CC1. The summed E-state index contributed by atoms with van der Waals surface area (Å²) in [6, 6.07) is 2.15. The van der Waals surface area contributed by atoms with Gasteiger partial charge in [-0.25, -0.2) is 8.78 Å². The van der Waals surface area contributed by atoms with Gasteiger partial charge in [-0.05, 0) is 38.3 Å². The van der Waals surface area contributed by atoms with Crippen molar-refractivity contribution in [2.75, 3.05) is 13.1 Å². The van der Waals surface area contributed by atoms with Gasteiger partial charge in [-0.1, -0.05) is 15.9 Å². The highest BCUT2D eigenvalue weighted by Gasteiger charge is 2.29. The molecule has 1 heterocycles. The van der Waals surface area contributed by atoms with E-state index in [2.05, 4.69) is 15.9 Å². The Morgan fingerprint density at radius 1 is 1.30 bits per heavy atom. The van der Waals surface area contributed by atoms with Crippen molar-refractivity contribution in [1.29, 1.82) is 0 Å². The Labute approximate surface area is 124 Å². The van der Waals surface area contributed by atoms with Crippen LogP contribution in [0, 0.1) is 11.6 Å². The third-order valence-electron chi connectivity index (χ3n) is 3.57. The Morgan fingerprint density at radius 2 is 1.90 bits per heavy atom. The van der Waals surface area contributed by atoms with Crippen LogP contribution in [0.4, 0.5) is 8.78 Å². The molecule has 2 rings (SSSR count). The van der Waals surface area contributed by atoms with Gasteiger partial charge in [0.15, 0.2) is 0 Å². The number of likely N-dealkylation sites (tertiary alicyclic amines) is 1. The van der Waals surface area contributed by atoms with Gasteiger partial charge in [-0.2, -0.15) is 0 Å². The molecule has 6 heteroatoms. The number of halogens is 3. The van der Waals surface area contributed by atoms with Gasteiger partial charge in [0.05, 0.1) is 5.60 Å². The van der Waals surface area contributed by atoms with Crippen LogP contribution in [-0.2, 0) is 0 Å². The zero-order chi connectivity index (χ0) is 14.9. The van der Waals surface area contributed by atoms with Crippen molar-refractivity contribution in [2.24, 2.45) is 0 Å². The first-order valence-electron chi connectivity index (χ1n) is 6.46. The first kappa shape index (κ1) is 15.4. The first-order chi connectivity index (χ1) is 9.30. The van der Waals surface area contributed by atoms with Crippen LogP contribution in [-0.4, -0.2) is 34.6 Å². The molecule has 1 aromatic rings. The van der Waals surface area contributed by atoms with Crippen molar-refractivity contribution in [2.45, 2.75) is 31.8 Å². The van der Waals surface area contributed by atoms with Crippen LogP contribution in [0.15, 0.2) is 16.6 Å². The minimum atomic E-state index is -0.877. The molecule has 1 amide bonds. The maximum Gasteiger partial charge on any atom is 0.259 e. The summed E-state index contributed by atoms with van der Waals surface area (Å²) in [5, 5.41) is 9.98. The summed E-state index contributed by atoms with van der Waals surface area (Å²) in [5.41, 5.74) is -1.36. The lowest BCUT2D eigenvalue weighted by molar-refractivity contribution is 0.0437. The number of hydrogen-bond acceptors (Lipinski definition) is 2. The maximum atomic E-state index is 13.8. The summed E-state index contributed by atoms with van der Waals surface area (Å²) < 4.78 is 27.9. The molecule has 1 unspecified atom stereocenters. The van der Waals surface area contributed by atoms with Crippen LogP contribution < -0.4 is 0 Å². The second-order valence-corrected chi connectivity index (χ2v) is 6.30. The predicted octanol–water partition coefficient (Wildman–Crippen LogP) is 3.10.